The van der Waals surface area contributed by atoms with Crippen molar-refractivity contribution in [2.24, 2.45) is 5.92 Å². The first-order valence-corrected chi connectivity index (χ1v) is 6.57. The third kappa shape index (κ3) is 2.93. The molecule has 5 heteroatoms. The number of thiazole rings is 1. The van der Waals surface area contributed by atoms with Gasteiger partial charge in [-0.1, -0.05) is 0 Å². The number of nitrogens with one attached hydrogen (secondary N) is 2. The van der Waals surface area contributed by atoms with E-state index < -0.39 is 0 Å². The molecule has 1 atom stereocenters. The molecule has 0 spiro atoms. The van der Waals surface area contributed by atoms with Gasteiger partial charge in [0.15, 0.2) is 5.13 Å². The molecule has 0 aliphatic carbocycles. The summed E-state index contributed by atoms with van der Waals surface area (Å²) < 4.78 is 0.924. The lowest BCUT2D eigenvalue weighted by Crippen LogP contribution is -2.12. The molecule has 1 aliphatic heterocycles. The van der Waals surface area contributed by atoms with Crippen molar-refractivity contribution >= 4 is 32.4 Å². The second-order valence-electron chi connectivity index (χ2n) is 3.55. The van der Waals surface area contributed by atoms with E-state index in [1.165, 1.54) is 25.9 Å². The first kappa shape index (κ1) is 10.4. The Labute approximate surface area is 96.4 Å². The van der Waals surface area contributed by atoms with Crippen molar-refractivity contribution in [1.29, 1.82) is 0 Å². The van der Waals surface area contributed by atoms with Crippen molar-refractivity contribution in [2.75, 3.05) is 25.0 Å². The summed E-state index contributed by atoms with van der Waals surface area (Å²) in [6.45, 7) is 3.41. The predicted molar refractivity (Wildman–Crippen MR) is 63.9 cm³/mol. The summed E-state index contributed by atoms with van der Waals surface area (Å²) in [5, 5.41) is 9.73. The molecule has 78 valence electrons. The summed E-state index contributed by atoms with van der Waals surface area (Å²) in [5.41, 5.74) is 0. The Kier molecular flexibility index (Phi) is 3.78. The highest BCUT2D eigenvalue weighted by Gasteiger charge is 2.13. The Morgan fingerprint density at radius 2 is 2.64 bits per heavy atom. The van der Waals surface area contributed by atoms with Crippen LogP contribution in [0.3, 0.4) is 0 Å². The second-order valence-corrected chi connectivity index (χ2v) is 5.22. The molecule has 1 fully saturated rings. The van der Waals surface area contributed by atoms with Crippen LogP contribution in [0.2, 0.25) is 0 Å². The van der Waals surface area contributed by atoms with Gasteiger partial charge in [-0.25, -0.2) is 4.98 Å². The predicted octanol–water partition coefficient (Wildman–Crippen LogP) is 2.32. The Morgan fingerprint density at radius 3 is 3.29 bits per heavy atom. The summed E-state index contributed by atoms with van der Waals surface area (Å²) >= 11 is 4.99. The van der Waals surface area contributed by atoms with E-state index in [0.717, 1.165) is 22.2 Å². The highest BCUT2D eigenvalue weighted by atomic mass is 79.9. The Morgan fingerprint density at radius 1 is 1.71 bits per heavy atom. The molecule has 2 rings (SSSR count). The molecule has 2 heterocycles. The van der Waals surface area contributed by atoms with E-state index in [4.69, 9.17) is 0 Å². The molecule has 0 aromatic carbocycles. The molecule has 0 saturated carbocycles. The van der Waals surface area contributed by atoms with Crippen molar-refractivity contribution in [1.82, 2.24) is 10.3 Å². The molecule has 1 unspecified atom stereocenters. The summed E-state index contributed by atoms with van der Waals surface area (Å²) in [4.78, 5) is 4.28. The van der Waals surface area contributed by atoms with Gasteiger partial charge in [-0.15, -0.1) is 11.3 Å². The van der Waals surface area contributed by atoms with Gasteiger partial charge in [0.05, 0.1) is 0 Å². The zero-order chi connectivity index (χ0) is 9.80. The fraction of sp³-hybridized carbons (Fsp3) is 0.667. The SMILES string of the molecule is Brc1csc(NCCC2CCNC2)n1. The van der Waals surface area contributed by atoms with E-state index in [1.54, 1.807) is 11.3 Å². The van der Waals surface area contributed by atoms with Gasteiger partial charge in [-0.3, -0.25) is 0 Å². The maximum atomic E-state index is 4.28. The summed E-state index contributed by atoms with van der Waals surface area (Å²) in [6.07, 6.45) is 2.56. The highest BCUT2D eigenvalue weighted by molar-refractivity contribution is 9.10. The molecular weight excluding hydrogens is 262 g/mol. The van der Waals surface area contributed by atoms with Crippen LogP contribution in [-0.2, 0) is 0 Å². The number of hydrogen-bond donors (Lipinski definition) is 2. The third-order valence-corrected chi connectivity index (χ3v) is 3.98. The standard InChI is InChI=1S/C9H14BrN3S/c10-8-6-14-9(13-8)12-4-2-7-1-3-11-5-7/h6-7,11H,1-5H2,(H,12,13). The molecule has 3 nitrogen and oxygen atoms in total. The molecule has 2 N–H and O–H groups in total. The molecule has 1 aromatic heterocycles. The zero-order valence-electron chi connectivity index (χ0n) is 7.92. The van der Waals surface area contributed by atoms with Crippen molar-refractivity contribution in [3.8, 4) is 0 Å². The van der Waals surface area contributed by atoms with Crippen LogP contribution in [0.15, 0.2) is 9.98 Å². The maximum Gasteiger partial charge on any atom is 0.183 e. The topological polar surface area (TPSA) is 37.0 Å². The van der Waals surface area contributed by atoms with Gasteiger partial charge >= 0.3 is 0 Å². The fourth-order valence-corrected chi connectivity index (χ4v) is 2.85. The molecule has 1 aromatic rings. The van der Waals surface area contributed by atoms with Crippen LogP contribution in [0.1, 0.15) is 12.8 Å². The highest BCUT2D eigenvalue weighted by Crippen LogP contribution is 2.20. The van der Waals surface area contributed by atoms with Crippen LogP contribution in [0.25, 0.3) is 0 Å². The molecule has 14 heavy (non-hydrogen) atoms. The van der Waals surface area contributed by atoms with E-state index >= 15 is 0 Å². The van der Waals surface area contributed by atoms with Crippen LogP contribution in [0.4, 0.5) is 5.13 Å². The smallest absolute Gasteiger partial charge is 0.183 e. The van der Waals surface area contributed by atoms with Crippen LogP contribution < -0.4 is 10.6 Å². The number of anilines is 1. The lowest BCUT2D eigenvalue weighted by Gasteiger charge is -2.07. The van der Waals surface area contributed by atoms with Crippen molar-refractivity contribution < 1.29 is 0 Å². The largest absolute Gasteiger partial charge is 0.361 e. The quantitative estimate of drug-likeness (QED) is 0.886. The summed E-state index contributed by atoms with van der Waals surface area (Å²) in [6, 6.07) is 0. The Hall–Kier alpha value is -0.130. The average Bonchev–Trinajstić information content (AvgIpc) is 2.77. The zero-order valence-corrected chi connectivity index (χ0v) is 10.3. The normalized spacial score (nSPS) is 21.4. The van der Waals surface area contributed by atoms with Crippen molar-refractivity contribution in [2.45, 2.75) is 12.8 Å². The van der Waals surface area contributed by atoms with E-state index in [-0.39, 0.29) is 0 Å². The lowest BCUT2D eigenvalue weighted by atomic mass is 10.1. The number of hydrogen-bond acceptors (Lipinski definition) is 4. The van der Waals surface area contributed by atoms with Crippen molar-refractivity contribution in [3.05, 3.63) is 9.98 Å². The Balaban J connectivity index is 1.67. The summed E-state index contributed by atoms with van der Waals surface area (Å²) in [7, 11) is 0. The van der Waals surface area contributed by atoms with E-state index in [1.807, 2.05) is 5.38 Å². The minimum Gasteiger partial charge on any atom is -0.361 e. The number of halogens is 1. The Bertz CT molecular complexity index is 283. The van der Waals surface area contributed by atoms with Crippen LogP contribution in [0.5, 0.6) is 0 Å². The summed E-state index contributed by atoms with van der Waals surface area (Å²) in [5.74, 6) is 0.853. The minimum absolute atomic E-state index is 0.853. The monoisotopic (exact) mass is 275 g/mol. The van der Waals surface area contributed by atoms with Crippen LogP contribution >= 0.6 is 27.3 Å². The first-order valence-electron chi connectivity index (χ1n) is 4.90. The minimum atomic E-state index is 0.853. The van der Waals surface area contributed by atoms with E-state index in [9.17, 15) is 0 Å². The van der Waals surface area contributed by atoms with Crippen LogP contribution in [0, 0.1) is 5.92 Å². The number of aromatic nitrogens is 1. The van der Waals surface area contributed by atoms with Gasteiger partial charge < -0.3 is 10.6 Å². The van der Waals surface area contributed by atoms with Gasteiger partial charge in [0, 0.05) is 11.9 Å². The van der Waals surface area contributed by atoms with E-state index in [0.29, 0.717) is 0 Å². The number of rotatable bonds is 4. The second kappa shape index (κ2) is 5.09. The molecule has 0 bridgehead atoms. The average molecular weight is 276 g/mol. The first-order chi connectivity index (χ1) is 6.84. The van der Waals surface area contributed by atoms with Gasteiger partial charge in [0.2, 0.25) is 0 Å². The molecular formula is C9H14BrN3S. The maximum absolute atomic E-state index is 4.28. The van der Waals surface area contributed by atoms with E-state index in [2.05, 4.69) is 31.5 Å². The van der Waals surface area contributed by atoms with Crippen LogP contribution in [-0.4, -0.2) is 24.6 Å². The van der Waals surface area contributed by atoms with Gasteiger partial charge in [0.25, 0.3) is 0 Å². The number of nitrogens with zero attached hydrogens (tertiary/aromatic N) is 1. The van der Waals surface area contributed by atoms with Gasteiger partial charge in [-0.2, -0.15) is 0 Å². The van der Waals surface area contributed by atoms with Crippen molar-refractivity contribution in [3.63, 3.8) is 0 Å². The molecule has 1 aliphatic rings. The molecule has 1 saturated heterocycles. The van der Waals surface area contributed by atoms with Gasteiger partial charge in [0.1, 0.15) is 4.60 Å². The van der Waals surface area contributed by atoms with Gasteiger partial charge in [-0.05, 0) is 47.8 Å². The fourth-order valence-electron chi connectivity index (χ4n) is 1.68. The third-order valence-electron chi connectivity index (χ3n) is 2.47. The molecule has 0 amide bonds. The molecule has 0 radical (unpaired) electrons. The lowest BCUT2D eigenvalue weighted by molar-refractivity contribution is 0.549.